The second-order valence-electron chi connectivity index (χ2n) is 5.70. The van der Waals surface area contributed by atoms with Crippen LogP contribution in [-0.4, -0.2) is 16.2 Å². The van der Waals surface area contributed by atoms with Gasteiger partial charge in [0.05, 0.1) is 5.54 Å². The van der Waals surface area contributed by atoms with Crippen molar-refractivity contribution < 1.29 is 9.32 Å². The normalized spacial score (nSPS) is 15.9. The molecule has 0 radical (unpaired) electrons. The Kier molecular flexibility index (Phi) is 5.23. The Hall–Kier alpha value is -2.12. The number of rotatable bonds is 4. The summed E-state index contributed by atoms with van der Waals surface area (Å²) < 4.78 is 5.34. The van der Waals surface area contributed by atoms with Gasteiger partial charge in [-0.05, 0) is 30.5 Å². The molecule has 1 aromatic heterocycles. The molecule has 0 spiro atoms. The minimum atomic E-state index is -0.546. The molecule has 1 aromatic carbocycles. The quantitative estimate of drug-likeness (QED) is 0.788. The van der Waals surface area contributed by atoms with E-state index in [1.807, 2.05) is 24.3 Å². The van der Waals surface area contributed by atoms with E-state index in [4.69, 9.17) is 16.0 Å². The number of hydrogen-bond acceptors (Lipinski definition) is 5. The molecule has 2 aromatic rings. The summed E-state index contributed by atoms with van der Waals surface area (Å²) in [5.41, 5.74) is 12.7. The summed E-state index contributed by atoms with van der Waals surface area (Å²) >= 11 is 0. The summed E-state index contributed by atoms with van der Waals surface area (Å²) in [6.07, 6.45) is 3.98. The second kappa shape index (κ2) is 6.97. The number of amides is 2. The van der Waals surface area contributed by atoms with Gasteiger partial charge in [-0.15, -0.1) is 12.4 Å². The maximum absolute atomic E-state index is 10.7. The molecule has 1 aliphatic rings. The van der Waals surface area contributed by atoms with Crippen molar-refractivity contribution in [2.75, 3.05) is 0 Å². The number of nitrogens with two attached hydrogens (primary N) is 2. The fourth-order valence-electron chi connectivity index (χ4n) is 2.73. The van der Waals surface area contributed by atoms with Crippen LogP contribution in [0.3, 0.4) is 0 Å². The van der Waals surface area contributed by atoms with E-state index < -0.39 is 11.6 Å². The number of benzene rings is 1. The molecule has 23 heavy (non-hydrogen) atoms. The molecular formula is C15H20ClN5O2. The minimum Gasteiger partial charge on any atom is -0.352 e. The molecule has 7 nitrogen and oxygen atoms in total. The standard InChI is InChI=1S/C15H19N5O2.ClH/c16-14(21)18-9-10-3-5-11(6-4-10)12-19-13(20-22-12)15(17)7-1-2-8-15;/h3-6H,1-2,7-9,17H2,(H3,16,18,21);1H. The van der Waals surface area contributed by atoms with Gasteiger partial charge in [0, 0.05) is 12.1 Å². The molecule has 1 fully saturated rings. The van der Waals surface area contributed by atoms with E-state index in [0.717, 1.165) is 36.8 Å². The van der Waals surface area contributed by atoms with Gasteiger partial charge in [0.1, 0.15) is 0 Å². The lowest BCUT2D eigenvalue weighted by molar-refractivity contribution is 0.248. The zero-order valence-corrected chi connectivity index (χ0v) is 13.4. The van der Waals surface area contributed by atoms with Crippen LogP contribution in [0.15, 0.2) is 28.8 Å². The third kappa shape index (κ3) is 3.80. The van der Waals surface area contributed by atoms with Crippen LogP contribution in [0.1, 0.15) is 37.1 Å². The van der Waals surface area contributed by atoms with Gasteiger partial charge in [0.2, 0.25) is 0 Å². The molecule has 8 heteroatoms. The smallest absolute Gasteiger partial charge is 0.312 e. The molecule has 124 valence electrons. The van der Waals surface area contributed by atoms with Crippen molar-refractivity contribution >= 4 is 18.4 Å². The molecular weight excluding hydrogens is 318 g/mol. The van der Waals surface area contributed by atoms with Crippen LogP contribution in [-0.2, 0) is 12.1 Å². The Morgan fingerprint density at radius 1 is 1.26 bits per heavy atom. The van der Waals surface area contributed by atoms with Crippen LogP contribution in [0, 0.1) is 0 Å². The van der Waals surface area contributed by atoms with Gasteiger partial charge in [0.15, 0.2) is 5.82 Å². The molecule has 2 amide bonds. The van der Waals surface area contributed by atoms with Gasteiger partial charge in [-0.1, -0.05) is 30.1 Å². The third-order valence-corrected chi connectivity index (χ3v) is 4.03. The lowest BCUT2D eigenvalue weighted by Gasteiger charge is -2.17. The van der Waals surface area contributed by atoms with Crippen molar-refractivity contribution in [1.29, 1.82) is 0 Å². The monoisotopic (exact) mass is 337 g/mol. The van der Waals surface area contributed by atoms with Gasteiger partial charge in [-0.2, -0.15) is 4.98 Å². The predicted molar refractivity (Wildman–Crippen MR) is 87.7 cm³/mol. The van der Waals surface area contributed by atoms with Crippen molar-refractivity contribution in [2.24, 2.45) is 11.5 Å². The molecule has 0 saturated heterocycles. The molecule has 0 bridgehead atoms. The van der Waals surface area contributed by atoms with Gasteiger partial charge < -0.3 is 21.3 Å². The molecule has 1 heterocycles. The van der Waals surface area contributed by atoms with Crippen molar-refractivity contribution in [3.05, 3.63) is 35.7 Å². The highest BCUT2D eigenvalue weighted by Crippen LogP contribution is 2.35. The molecule has 1 saturated carbocycles. The van der Waals surface area contributed by atoms with Gasteiger partial charge in [-0.3, -0.25) is 0 Å². The average molecular weight is 338 g/mol. The Bertz CT molecular complexity index is 665. The maximum Gasteiger partial charge on any atom is 0.312 e. The fraction of sp³-hybridized carbons (Fsp3) is 0.400. The highest BCUT2D eigenvalue weighted by molar-refractivity contribution is 5.85. The molecule has 1 aliphatic carbocycles. The van der Waals surface area contributed by atoms with Crippen LogP contribution < -0.4 is 16.8 Å². The third-order valence-electron chi connectivity index (χ3n) is 4.03. The van der Waals surface area contributed by atoms with Gasteiger partial charge in [-0.25, -0.2) is 4.79 Å². The van der Waals surface area contributed by atoms with Crippen LogP contribution in [0.25, 0.3) is 11.5 Å². The van der Waals surface area contributed by atoms with E-state index in [1.54, 1.807) is 0 Å². The van der Waals surface area contributed by atoms with E-state index >= 15 is 0 Å². The Labute approximate surface area is 140 Å². The van der Waals surface area contributed by atoms with Crippen molar-refractivity contribution in [2.45, 2.75) is 37.8 Å². The van der Waals surface area contributed by atoms with E-state index in [0.29, 0.717) is 18.3 Å². The van der Waals surface area contributed by atoms with Gasteiger partial charge in [0.25, 0.3) is 5.89 Å². The van der Waals surface area contributed by atoms with E-state index in [9.17, 15) is 4.79 Å². The summed E-state index contributed by atoms with van der Waals surface area (Å²) in [4.78, 5) is 15.1. The number of carbonyl (C=O) groups is 1. The molecule has 0 unspecified atom stereocenters. The zero-order valence-electron chi connectivity index (χ0n) is 12.6. The van der Waals surface area contributed by atoms with Crippen molar-refractivity contribution in [3.8, 4) is 11.5 Å². The van der Waals surface area contributed by atoms with E-state index in [-0.39, 0.29) is 12.4 Å². The highest BCUT2D eigenvalue weighted by atomic mass is 35.5. The number of hydrogen-bond donors (Lipinski definition) is 3. The molecule has 0 aliphatic heterocycles. The first-order valence-electron chi connectivity index (χ1n) is 7.32. The number of primary amides is 1. The summed E-state index contributed by atoms with van der Waals surface area (Å²) in [7, 11) is 0. The minimum absolute atomic E-state index is 0. The average Bonchev–Trinajstić information content (AvgIpc) is 3.15. The summed E-state index contributed by atoms with van der Waals surface area (Å²) in [5.74, 6) is 1.04. The fourth-order valence-corrected chi connectivity index (χ4v) is 2.73. The molecule has 3 rings (SSSR count). The molecule has 0 atom stereocenters. The van der Waals surface area contributed by atoms with Gasteiger partial charge >= 0.3 is 6.03 Å². The Balaban J connectivity index is 0.00000192. The number of aromatic nitrogens is 2. The Morgan fingerprint density at radius 2 is 1.91 bits per heavy atom. The predicted octanol–water partition coefficient (Wildman–Crippen LogP) is 2.05. The number of nitrogens with one attached hydrogen (secondary N) is 1. The Morgan fingerprint density at radius 3 is 2.52 bits per heavy atom. The zero-order chi connectivity index (χ0) is 15.6. The SMILES string of the molecule is Cl.NC(=O)NCc1ccc(-c2nc(C3(N)CCCC3)no2)cc1. The molecule has 5 N–H and O–H groups in total. The topological polar surface area (TPSA) is 120 Å². The lowest BCUT2D eigenvalue weighted by atomic mass is 9.99. The number of carbonyl (C=O) groups excluding carboxylic acids is 1. The summed E-state index contributed by atoms with van der Waals surface area (Å²) in [6, 6.07) is 6.95. The van der Waals surface area contributed by atoms with Crippen molar-refractivity contribution in [1.82, 2.24) is 15.5 Å². The first-order chi connectivity index (χ1) is 10.6. The van der Waals surface area contributed by atoms with Crippen LogP contribution >= 0.6 is 12.4 Å². The van der Waals surface area contributed by atoms with Crippen molar-refractivity contribution in [3.63, 3.8) is 0 Å². The van der Waals surface area contributed by atoms with Crippen LogP contribution in [0.2, 0.25) is 0 Å². The largest absolute Gasteiger partial charge is 0.352 e. The van der Waals surface area contributed by atoms with E-state index in [2.05, 4.69) is 15.5 Å². The first-order valence-corrected chi connectivity index (χ1v) is 7.32. The van der Waals surface area contributed by atoms with E-state index in [1.165, 1.54) is 0 Å². The number of urea groups is 1. The lowest BCUT2D eigenvalue weighted by Crippen LogP contribution is -2.34. The first kappa shape index (κ1) is 17.2. The van der Waals surface area contributed by atoms with Crippen LogP contribution in [0.5, 0.6) is 0 Å². The number of halogens is 1. The highest BCUT2D eigenvalue weighted by Gasteiger charge is 2.36. The van der Waals surface area contributed by atoms with Crippen LogP contribution in [0.4, 0.5) is 4.79 Å². The summed E-state index contributed by atoms with van der Waals surface area (Å²) in [6.45, 7) is 0.386. The summed E-state index contributed by atoms with van der Waals surface area (Å²) in [5, 5.41) is 6.58. The number of nitrogens with zero attached hydrogens (tertiary/aromatic N) is 2. The maximum atomic E-state index is 10.7. The second-order valence-corrected chi connectivity index (χ2v) is 5.70.